The molecule has 1 aromatic carbocycles. The zero-order chi connectivity index (χ0) is 14.6. The van der Waals surface area contributed by atoms with Crippen LogP contribution in [0, 0.1) is 5.92 Å². The molecule has 0 radical (unpaired) electrons. The van der Waals surface area contributed by atoms with Gasteiger partial charge in [0.25, 0.3) is 0 Å². The van der Waals surface area contributed by atoms with Crippen LogP contribution >= 0.6 is 11.9 Å². The van der Waals surface area contributed by atoms with Crippen LogP contribution in [0.2, 0.25) is 0 Å². The zero-order valence-electron chi connectivity index (χ0n) is 11.5. The van der Waals surface area contributed by atoms with Crippen LogP contribution in [0.4, 0.5) is 0 Å². The Hall–Kier alpha value is -1.81. The number of hydrogen-bond acceptors (Lipinski definition) is 3. The third-order valence-corrected chi connectivity index (χ3v) is 3.19. The van der Waals surface area contributed by atoms with Gasteiger partial charge in [-0.25, -0.2) is 0 Å². The van der Waals surface area contributed by atoms with Crippen molar-refractivity contribution in [1.29, 1.82) is 0 Å². The van der Waals surface area contributed by atoms with E-state index in [4.69, 9.17) is 0 Å². The Morgan fingerprint density at radius 2 is 2.10 bits per heavy atom. The first kappa shape index (κ1) is 16.2. The molecule has 20 heavy (non-hydrogen) atoms. The first-order valence-electron chi connectivity index (χ1n) is 6.54. The number of amides is 1. The Balaban J connectivity index is 0.000000217. The summed E-state index contributed by atoms with van der Waals surface area (Å²) in [6.45, 7) is 2.16. The molecule has 2 rings (SSSR count). The third-order valence-electron chi connectivity index (χ3n) is 2.78. The highest BCUT2D eigenvalue weighted by molar-refractivity contribution is 8.10. The summed E-state index contributed by atoms with van der Waals surface area (Å²) >= 11 is 0.772. The number of rotatable bonds is 4. The van der Waals surface area contributed by atoms with Gasteiger partial charge in [-0.15, -0.1) is 0 Å². The fourth-order valence-corrected chi connectivity index (χ4v) is 1.96. The van der Waals surface area contributed by atoms with Gasteiger partial charge in [0.1, 0.15) is 0 Å². The minimum absolute atomic E-state index is 0.118. The molecule has 0 bridgehead atoms. The molecule has 1 aromatic rings. The van der Waals surface area contributed by atoms with E-state index in [0.717, 1.165) is 18.4 Å². The van der Waals surface area contributed by atoms with Crippen molar-refractivity contribution in [3.63, 3.8) is 0 Å². The van der Waals surface area contributed by atoms with Crippen LogP contribution in [0.15, 0.2) is 54.6 Å². The molecular formula is C16H19NO2S. The van der Waals surface area contributed by atoms with Gasteiger partial charge in [0.2, 0.25) is 5.91 Å². The lowest BCUT2D eigenvalue weighted by Gasteiger charge is -2.10. The summed E-state index contributed by atoms with van der Waals surface area (Å²) in [5.74, 6) is -0.241. The Morgan fingerprint density at radius 1 is 1.35 bits per heavy atom. The molecule has 0 saturated heterocycles. The van der Waals surface area contributed by atoms with E-state index >= 15 is 0 Å². The second-order valence-corrected chi connectivity index (χ2v) is 4.81. The Bertz CT molecular complexity index is 469. The quantitative estimate of drug-likeness (QED) is 0.683. The average Bonchev–Trinajstić information content (AvgIpc) is 2.54. The molecule has 1 atom stereocenters. The van der Waals surface area contributed by atoms with E-state index in [9.17, 15) is 9.59 Å². The van der Waals surface area contributed by atoms with E-state index in [-0.39, 0.29) is 11.8 Å². The van der Waals surface area contributed by atoms with Crippen LogP contribution in [0.5, 0.6) is 0 Å². The van der Waals surface area contributed by atoms with E-state index in [0.29, 0.717) is 12.0 Å². The summed E-state index contributed by atoms with van der Waals surface area (Å²) < 4.78 is 2.43. The first-order chi connectivity index (χ1) is 9.77. The molecule has 106 valence electrons. The summed E-state index contributed by atoms with van der Waals surface area (Å²) in [5, 5.41) is 0. The molecular weight excluding hydrogens is 270 g/mol. The Labute approximate surface area is 124 Å². The minimum Gasteiger partial charge on any atom is -0.293 e. The molecule has 4 heteroatoms. The smallest absolute Gasteiger partial charge is 0.237 e. The molecule has 1 amide bonds. The minimum atomic E-state index is -0.123. The summed E-state index contributed by atoms with van der Waals surface area (Å²) in [6, 6.07) is 10.5. The maximum atomic E-state index is 11.2. The molecule has 0 heterocycles. The summed E-state index contributed by atoms with van der Waals surface area (Å²) in [5.41, 5.74) is 2.01. The molecule has 0 fully saturated rings. The first-order valence-corrected chi connectivity index (χ1v) is 7.42. The van der Waals surface area contributed by atoms with E-state index in [2.05, 4.69) is 35.9 Å². The van der Waals surface area contributed by atoms with Crippen molar-refractivity contribution in [3.8, 4) is 0 Å². The fourth-order valence-electron chi connectivity index (χ4n) is 1.65. The van der Waals surface area contributed by atoms with Crippen LogP contribution in [0.25, 0.3) is 0 Å². The van der Waals surface area contributed by atoms with Crippen molar-refractivity contribution in [3.05, 3.63) is 60.2 Å². The highest BCUT2D eigenvalue weighted by Crippen LogP contribution is 2.11. The number of benzene rings is 1. The fraction of sp³-hybridized carbons (Fsp3) is 0.250. The van der Waals surface area contributed by atoms with E-state index in [1.807, 2.05) is 30.4 Å². The number of allylic oxidation sites excluding steroid dienone is 3. The summed E-state index contributed by atoms with van der Waals surface area (Å²) in [6.07, 6.45) is 9.33. The van der Waals surface area contributed by atoms with Crippen LogP contribution < -0.4 is 4.72 Å². The van der Waals surface area contributed by atoms with Crippen LogP contribution in [0.1, 0.15) is 18.9 Å². The number of nitrogens with one attached hydrogen (secondary N) is 1. The number of hydrogen-bond donors (Lipinski definition) is 1. The predicted octanol–water partition coefficient (Wildman–Crippen LogP) is 3.32. The molecule has 0 spiro atoms. The average molecular weight is 289 g/mol. The third kappa shape index (κ3) is 6.38. The van der Waals surface area contributed by atoms with Crippen molar-refractivity contribution >= 4 is 23.5 Å². The molecule has 1 aliphatic carbocycles. The second kappa shape index (κ2) is 10.0. The van der Waals surface area contributed by atoms with Crippen molar-refractivity contribution < 1.29 is 9.59 Å². The van der Waals surface area contributed by atoms with Crippen molar-refractivity contribution in [2.24, 2.45) is 5.92 Å². The van der Waals surface area contributed by atoms with Crippen LogP contribution in [0.3, 0.4) is 0 Å². The number of carbonyl (C=O) groups excluding carboxylic acids is 2. The standard InChI is InChI=1S/C8H9NO2S.C8H10/c10-6-12-9-8(11)7-4-2-1-3-5-7;1-2-8-6-4-3-5-7-8/h1-4,6-7H,5H2,(H,9,11);3-7H,2H2,1H3. The lowest BCUT2D eigenvalue weighted by molar-refractivity contribution is -0.121. The van der Waals surface area contributed by atoms with Gasteiger partial charge < -0.3 is 0 Å². The van der Waals surface area contributed by atoms with E-state index in [1.165, 1.54) is 5.56 Å². The molecule has 3 nitrogen and oxygen atoms in total. The lowest BCUT2D eigenvalue weighted by atomic mass is 10.0. The van der Waals surface area contributed by atoms with Crippen LogP contribution in [-0.2, 0) is 16.0 Å². The van der Waals surface area contributed by atoms with Gasteiger partial charge in [0.05, 0.1) is 5.92 Å². The molecule has 1 N–H and O–H groups in total. The largest absolute Gasteiger partial charge is 0.293 e. The highest BCUT2D eigenvalue weighted by Gasteiger charge is 2.14. The maximum Gasteiger partial charge on any atom is 0.237 e. The molecule has 0 saturated carbocycles. The van der Waals surface area contributed by atoms with Gasteiger partial charge in [0, 0.05) is 11.9 Å². The van der Waals surface area contributed by atoms with Gasteiger partial charge in [-0.2, -0.15) is 0 Å². The maximum absolute atomic E-state index is 11.2. The van der Waals surface area contributed by atoms with Gasteiger partial charge in [0.15, 0.2) is 5.62 Å². The number of aryl methyl sites for hydroxylation is 1. The van der Waals surface area contributed by atoms with Crippen molar-refractivity contribution in [1.82, 2.24) is 4.72 Å². The van der Waals surface area contributed by atoms with E-state index in [1.54, 1.807) is 0 Å². The van der Waals surface area contributed by atoms with Gasteiger partial charge in [-0.1, -0.05) is 61.6 Å². The summed E-state index contributed by atoms with van der Waals surface area (Å²) in [4.78, 5) is 21.1. The predicted molar refractivity (Wildman–Crippen MR) is 84.7 cm³/mol. The summed E-state index contributed by atoms with van der Waals surface area (Å²) in [7, 11) is 0. The lowest BCUT2D eigenvalue weighted by Crippen LogP contribution is -2.24. The number of carbonyl (C=O) groups is 2. The van der Waals surface area contributed by atoms with Gasteiger partial charge in [-0.05, 0) is 18.4 Å². The molecule has 1 aliphatic rings. The van der Waals surface area contributed by atoms with E-state index < -0.39 is 0 Å². The van der Waals surface area contributed by atoms with Crippen molar-refractivity contribution in [2.45, 2.75) is 19.8 Å². The normalized spacial score (nSPS) is 15.9. The van der Waals surface area contributed by atoms with Gasteiger partial charge in [-0.3, -0.25) is 14.3 Å². The topological polar surface area (TPSA) is 46.2 Å². The second-order valence-electron chi connectivity index (χ2n) is 4.17. The molecule has 0 aromatic heterocycles. The monoisotopic (exact) mass is 289 g/mol. The molecule has 1 unspecified atom stereocenters. The Morgan fingerprint density at radius 3 is 2.60 bits per heavy atom. The highest BCUT2D eigenvalue weighted by atomic mass is 32.2. The zero-order valence-corrected chi connectivity index (χ0v) is 12.3. The van der Waals surface area contributed by atoms with Gasteiger partial charge >= 0.3 is 0 Å². The van der Waals surface area contributed by atoms with Crippen molar-refractivity contribution in [2.75, 3.05) is 0 Å². The van der Waals surface area contributed by atoms with Crippen LogP contribution in [-0.4, -0.2) is 11.5 Å². The SMILES string of the molecule is CCc1ccccc1.O=CSNC(=O)C1C=CC=CC1. The molecule has 0 aliphatic heterocycles. The Kier molecular flexibility index (Phi) is 8.15.